The Morgan fingerprint density at radius 1 is 1.44 bits per heavy atom. The van der Waals surface area contributed by atoms with E-state index < -0.39 is 5.82 Å². The summed E-state index contributed by atoms with van der Waals surface area (Å²) >= 11 is 7.43. The molecule has 7 heteroatoms. The van der Waals surface area contributed by atoms with Gasteiger partial charge in [-0.25, -0.2) is 4.39 Å². The third-order valence-corrected chi connectivity index (χ3v) is 5.17. The van der Waals surface area contributed by atoms with Crippen LogP contribution >= 0.6 is 22.9 Å². The molecule has 1 N–H and O–H groups in total. The second-order valence-electron chi connectivity index (χ2n) is 6.06. The van der Waals surface area contributed by atoms with E-state index in [4.69, 9.17) is 16.3 Å². The fraction of sp³-hybridized carbons (Fsp3) is 0.389. The first-order valence-corrected chi connectivity index (χ1v) is 9.47. The Labute approximate surface area is 155 Å². The number of halogens is 2. The maximum Gasteiger partial charge on any atom is 0.238 e. The average molecular weight is 383 g/mol. The number of amides is 1. The van der Waals surface area contributed by atoms with E-state index in [1.165, 1.54) is 23.1 Å². The highest BCUT2D eigenvalue weighted by molar-refractivity contribution is 7.09. The predicted octanol–water partition coefficient (Wildman–Crippen LogP) is 4.16. The molecule has 25 heavy (non-hydrogen) atoms. The highest BCUT2D eigenvalue weighted by atomic mass is 35.5. The van der Waals surface area contributed by atoms with Gasteiger partial charge in [0.15, 0.2) is 0 Å². The number of benzene rings is 1. The Bertz CT molecular complexity index is 705. The summed E-state index contributed by atoms with van der Waals surface area (Å²) in [4.78, 5) is 15.7. The van der Waals surface area contributed by atoms with Crippen LogP contribution in [0.3, 0.4) is 0 Å². The standard InChI is InChI=1S/C18H20ClFN2O2S/c19-16-9-13(5-6-17(16)20)21-18(23)12-22(10-14-3-1-7-24-14)11-15-4-2-8-25-15/h2,4-6,8-9,14H,1,3,7,10-12H2,(H,21,23). The van der Waals surface area contributed by atoms with Crippen molar-refractivity contribution in [1.29, 1.82) is 0 Å². The summed E-state index contributed by atoms with van der Waals surface area (Å²) in [6.45, 7) is 2.45. The maximum absolute atomic E-state index is 13.2. The lowest BCUT2D eigenvalue weighted by Crippen LogP contribution is -2.37. The van der Waals surface area contributed by atoms with Crippen molar-refractivity contribution in [1.82, 2.24) is 4.90 Å². The molecule has 1 aliphatic heterocycles. The molecule has 1 fully saturated rings. The van der Waals surface area contributed by atoms with Crippen molar-refractivity contribution in [3.63, 3.8) is 0 Å². The Balaban J connectivity index is 1.61. The zero-order valence-electron chi connectivity index (χ0n) is 13.7. The number of nitrogens with zero attached hydrogens (tertiary/aromatic N) is 1. The van der Waals surface area contributed by atoms with E-state index in [2.05, 4.69) is 16.3 Å². The van der Waals surface area contributed by atoms with Crippen molar-refractivity contribution in [2.24, 2.45) is 0 Å². The molecule has 2 aromatic rings. The lowest BCUT2D eigenvalue weighted by molar-refractivity contribution is -0.117. The van der Waals surface area contributed by atoms with E-state index >= 15 is 0 Å². The van der Waals surface area contributed by atoms with Crippen LogP contribution in [0.2, 0.25) is 5.02 Å². The van der Waals surface area contributed by atoms with E-state index in [9.17, 15) is 9.18 Å². The second-order valence-corrected chi connectivity index (χ2v) is 7.50. The summed E-state index contributed by atoms with van der Waals surface area (Å²) in [7, 11) is 0. The quantitative estimate of drug-likeness (QED) is 0.781. The molecular weight excluding hydrogens is 363 g/mol. The van der Waals surface area contributed by atoms with Gasteiger partial charge in [-0.3, -0.25) is 9.69 Å². The highest BCUT2D eigenvalue weighted by Gasteiger charge is 2.21. The number of hydrogen-bond donors (Lipinski definition) is 1. The van der Waals surface area contributed by atoms with Gasteiger partial charge in [0, 0.05) is 30.3 Å². The number of ether oxygens (including phenoxy) is 1. The van der Waals surface area contributed by atoms with Crippen LogP contribution in [0.5, 0.6) is 0 Å². The zero-order chi connectivity index (χ0) is 17.6. The fourth-order valence-electron chi connectivity index (χ4n) is 2.86. The number of carbonyl (C=O) groups is 1. The van der Waals surface area contributed by atoms with E-state index in [0.29, 0.717) is 12.2 Å². The second kappa shape index (κ2) is 8.76. The van der Waals surface area contributed by atoms with Gasteiger partial charge >= 0.3 is 0 Å². The molecule has 2 heterocycles. The first kappa shape index (κ1) is 18.3. The Morgan fingerprint density at radius 2 is 2.32 bits per heavy atom. The molecule has 0 bridgehead atoms. The molecule has 0 spiro atoms. The van der Waals surface area contributed by atoms with Crippen LogP contribution in [0.4, 0.5) is 10.1 Å². The third-order valence-electron chi connectivity index (χ3n) is 4.02. The molecule has 0 radical (unpaired) electrons. The summed E-state index contributed by atoms with van der Waals surface area (Å²) in [5.74, 6) is -0.658. The average Bonchev–Trinajstić information content (AvgIpc) is 3.25. The van der Waals surface area contributed by atoms with Gasteiger partial charge in [0.2, 0.25) is 5.91 Å². The van der Waals surface area contributed by atoms with E-state index in [-0.39, 0.29) is 23.6 Å². The van der Waals surface area contributed by atoms with Crippen molar-refractivity contribution in [3.05, 3.63) is 51.4 Å². The van der Waals surface area contributed by atoms with Crippen molar-refractivity contribution in [2.45, 2.75) is 25.5 Å². The molecule has 0 aliphatic carbocycles. The molecule has 1 saturated heterocycles. The summed E-state index contributed by atoms with van der Waals surface area (Å²) in [5, 5.41) is 4.80. The van der Waals surface area contributed by atoms with Crippen LogP contribution in [-0.2, 0) is 16.1 Å². The number of rotatable bonds is 7. The number of carbonyl (C=O) groups excluding carboxylic acids is 1. The number of nitrogens with one attached hydrogen (secondary N) is 1. The molecule has 0 saturated carbocycles. The maximum atomic E-state index is 13.2. The third kappa shape index (κ3) is 5.51. The first-order chi connectivity index (χ1) is 12.1. The van der Waals surface area contributed by atoms with E-state index in [0.717, 1.165) is 26.0 Å². The lowest BCUT2D eigenvalue weighted by Gasteiger charge is -2.24. The van der Waals surface area contributed by atoms with Gasteiger partial charge in [-0.1, -0.05) is 17.7 Å². The van der Waals surface area contributed by atoms with Gasteiger partial charge in [-0.2, -0.15) is 0 Å². The topological polar surface area (TPSA) is 41.6 Å². The van der Waals surface area contributed by atoms with Crippen molar-refractivity contribution >= 4 is 34.5 Å². The smallest absolute Gasteiger partial charge is 0.238 e. The van der Waals surface area contributed by atoms with Crippen LogP contribution in [0.1, 0.15) is 17.7 Å². The molecular formula is C18H20ClFN2O2S. The van der Waals surface area contributed by atoms with Crippen molar-refractivity contribution in [3.8, 4) is 0 Å². The normalized spacial score (nSPS) is 17.2. The van der Waals surface area contributed by atoms with Gasteiger partial charge in [-0.15, -0.1) is 11.3 Å². The zero-order valence-corrected chi connectivity index (χ0v) is 15.3. The van der Waals surface area contributed by atoms with E-state index in [1.807, 2.05) is 11.4 Å². The minimum Gasteiger partial charge on any atom is -0.377 e. The van der Waals surface area contributed by atoms with Gasteiger partial charge in [0.1, 0.15) is 5.82 Å². The largest absolute Gasteiger partial charge is 0.377 e. The molecule has 1 aliphatic rings. The summed E-state index contributed by atoms with van der Waals surface area (Å²) in [6.07, 6.45) is 2.27. The van der Waals surface area contributed by atoms with Crippen molar-refractivity contribution < 1.29 is 13.9 Å². The Kier molecular flexibility index (Phi) is 6.42. The molecule has 1 atom stereocenters. The highest BCUT2D eigenvalue weighted by Crippen LogP contribution is 2.20. The lowest BCUT2D eigenvalue weighted by atomic mass is 10.2. The SMILES string of the molecule is O=C(CN(Cc1cccs1)CC1CCCO1)Nc1ccc(F)c(Cl)c1. The van der Waals surface area contributed by atoms with Gasteiger partial charge < -0.3 is 10.1 Å². The summed E-state index contributed by atoms with van der Waals surface area (Å²) < 4.78 is 18.9. The van der Waals surface area contributed by atoms with Gasteiger partial charge in [0.25, 0.3) is 0 Å². The Morgan fingerprint density at radius 3 is 3.00 bits per heavy atom. The molecule has 4 nitrogen and oxygen atoms in total. The van der Waals surface area contributed by atoms with Crippen molar-refractivity contribution in [2.75, 3.05) is 25.0 Å². The van der Waals surface area contributed by atoms with Gasteiger partial charge in [-0.05, 0) is 42.5 Å². The van der Waals surface area contributed by atoms with Crippen LogP contribution in [0.25, 0.3) is 0 Å². The van der Waals surface area contributed by atoms with Crippen LogP contribution < -0.4 is 5.32 Å². The Hall–Kier alpha value is -1.47. The summed E-state index contributed by atoms with van der Waals surface area (Å²) in [5.41, 5.74) is 0.490. The van der Waals surface area contributed by atoms with Gasteiger partial charge in [0.05, 0.1) is 17.7 Å². The predicted molar refractivity (Wildman–Crippen MR) is 98.6 cm³/mol. The number of thiophene rings is 1. The van der Waals surface area contributed by atoms with Crippen LogP contribution in [-0.4, -0.2) is 36.6 Å². The molecule has 1 aromatic heterocycles. The number of anilines is 1. The molecule has 134 valence electrons. The van der Waals surface area contributed by atoms with Crippen LogP contribution in [0, 0.1) is 5.82 Å². The fourth-order valence-corrected chi connectivity index (χ4v) is 3.79. The molecule has 1 amide bonds. The van der Waals surface area contributed by atoms with E-state index in [1.54, 1.807) is 11.3 Å². The summed E-state index contributed by atoms with van der Waals surface area (Å²) in [6, 6.07) is 8.23. The molecule has 1 unspecified atom stereocenters. The molecule has 3 rings (SSSR count). The minimum absolute atomic E-state index is 0.00685. The molecule has 1 aromatic carbocycles. The monoisotopic (exact) mass is 382 g/mol. The number of hydrogen-bond acceptors (Lipinski definition) is 4. The van der Waals surface area contributed by atoms with Crippen LogP contribution in [0.15, 0.2) is 35.7 Å². The minimum atomic E-state index is -0.502. The first-order valence-electron chi connectivity index (χ1n) is 8.21.